The second-order valence-corrected chi connectivity index (χ2v) is 7.55. The Morgan fingerprint density at radius 2 is 1.81 bits per heavy atom. The quantitative estimate of drug-likeness (QED) is 0.753. The lowest BCUT2D eigenvalue weighted by Crippen LogP contribution is -2.46. The minimum Gasteiger partial charge on any atom is -0.758 e. The Labute approximate surface area is 162 Å². The van der Waals surface area contributed by atoms with Gasteiger partial charge in [-0.25, -0.2) is 0 Å². The molecule has 3 rings (SSSR count). The van der Waals surface area contributed by atoms with Crippen LogP contribution in [0.1, 0.15) is 31.2 Å². The van der Waals surface area contributed by atoms with Gasteiger partial charge >= 0.3 is 6.18 Å². The van der Waals surface area contributed by atoms with Crippen molar-refractivity contribution in [1.82, 2.24) is 4.90 Å². The minimum absolute atomic E-state index is 0.0569. The van der Waals surface area contributed by atoms with Gasteiger partial charge in [-0.2, -0.15) is 13.2 Å². The molecule has 0 unspecified atom stereocenters. The minimum atomic E-state index is -4.60. The largest absolute Gasteiger partial charge is 0.758 e. The lowest BCUT2D eigenvalue weighted by Gasteiger charge is -2.40. The van der Waals surface area contributed by atoms with Crippen LogP contribution in [0.25, 0.3) is 0 Å². The molecule has 2 aliphatic heterocycles. The zero-order valence-corrected chi connectivity index (χ0v) is 15.9. The van der Waals surface area contributed by atoms with Crippen molar-refractivity contribution < 1.29 is 17.9 Å². The molecule has 2 aliphatic rings. The normalized spacial score (nSPS) is 20.7. The van der Waals surface area contributed by atoms with E-state index in [1.165, 1.54) is 13.1 Å². The summed E-state index contributed by atoms with van der Waals surface area (Å²) in [5.41, 5.74) is -0.713. The zero-order valence-electron chi connectivity index (χ0n) is 15.2. The van der Waals surface area contributed by atoms with E-state index in [1.807, 2.05) is 0 Å². The van der Waals surface area contributed by atoms with Gasteiger partial charge < -0.3 is 25.2 Å². The molecule has 0 spiro atoms. The summed E-state index contributed by atoms with van der Waals surface area (Å²) in [5.74, 6) is 0. The van der Waals surface area contributed by atoms with Crippen molar-refractivity contribution in [1.29, 1.82) is 0 Å². The number of hydrogen-bond acceptors (Lipinski definition) is 5. The van der Waals surface area contributed by atoms with Crippen molar-refractivity contribution >= 4 is 23.0 Å². The first-order valence-corrected chi connectivity index (χ1v) is 9.53. The van der Waals surface area contributed by atoms with Crippen LogP contribution in [0.3, 0.4) is 0 Å². The average molecular weight is 407 g/mol. The molecule has 0 aliphatic carbocycles. The number of hydroxylamine groups is 1. The number of hydrogen-bond donors (Lipinski definition) is 1. The molecule has 1 aromatic carbocycles. The third-order valence-corrected chi connectivity index (χ3v) is 5.64. The molecule has 0 saturated carbocycles. The summed E-state index contributed by atoms with van der Waals surface area (Å²) in [5, 5.41) is 15.1. The van der Waals surface area contributed by atoms with Crippen molar-refractivity contribution in [2.45, 2.75) is 43.9 Å². The van der Waals surface area contributed by atoms with Crippen LogP contribution >= 0.6 is 11.6 Å². The molecule has 152 valence electrons. The molecule has 0 aromatic heterocycles. The molecule has 9 heteroatoms. The summed E-state index contributed by atoms with van der Waals surface area (Å²) in [6.07, 6.45) is -0.805. The van der Waals surface area contributed by atoms with Crippen molar-refractivity contribution in [3.63, 3.8) is 0 Å². The van der Waals surface area contributed by atoms with E-state index < -0.39 is 16.8 Å². The summed E-state index contributed by atoms with van der Waals surface area (Å²) in [4.78, 5) is 2.46. The highest BCUT2D eigenvalue weighted by atomic mass is 35.5. The molecule has 1 N–H and O–H groups in total. The summed E-state index contributed by atoms with van der Waals surface area (Å²) in [6.45, 7) is 3.43. The number of nitrogens with one attached hydrogen (secondary N) is 1. The summed E-state index contributed by atoms with van der Waals surface area (Å²) < 4.78 is 44.6. The molecule has 1 aromatic rings. The number of nitrogens with zero attached hydrogens (tertiary/aromatic N) is 2. The predicted molar refractivity (Wildman–Crippen MR) is 100 cm³/mol. The van der Waals surface area contributed by atoms with E-state index in [1.54, 1.807) is 0 Å². The van der Waals surface area contributed by atoms with Crippen LogP contribution in [0, 0.1) is 5.21 Å². The first kappa shape index (κ1) is 20.5. The second-order valence-electron chi connectivity index (χ2n) is 7.14. The van der Waals surface area contributed by atoms with Crippen LogP contribution in [0.2, 0.25) is 5.02 Å². The predicted octanol–water partition coefficient (Wildman–Crippen LogP) is 4.35. The Morgan fingerprint density at radius 1 is 1.19 bits per heavy atom. The number of halogens is 4. The lowest BCUT2D eigenvalue weighted by atomic mass is 9.99. The van der Waals surface area contributed by atoms with Gasteiger partial charge in [-0.15, -0.1) is 0 Å². The van der Waals surface area contributed by atoms with Gasteiger partial charge in [-0.1, -0.05) is 11.6 Å². The number of rotatable bonds is 4. The van der Waals surface area contributed by atoms with Crippen LogP contribution in [0.5, 0.6) is 0 Å². The van der Waals surface area contributed by atoms with Crippen molar-refractivity contribution in [3.8, 4) is 0 Å². The van der Waals surface area contributed by atoms with Gasteiger partial charge in [-0.3, -0.25) is 0 Å². The highest BCUT2D eigenvalue weighted by Gasteiger charge is 2.34. The van der Waals surface area contributed by atoms with Gasteiger partial charge in [0.1, 0.15) is 0 Å². The first-order valence-electron chi connectivity index (χ1n) is 9.15. The maximum atomic E-state index is 13.1. The highest BCUT2D eigenvalue weighted by molar-refractivity contribution is 6.32. The molecule has 27 heavy (non-hydrogen) atoms. The summed E-state index contributed by atoms with van der Waals surface area (Å²) in [6, 6.07) is 2.66. The van der Waals surface area contributed by atoms with Crippen molar-refractivity contribution in [3.05, 3.63) is 27.9 Å². The van der Waals surface area contributed by atoms with Crippen LogP contribution in [-0.2, 0) is 10.9 Å². The average Bonchev–Trinajstić information content (AvgIpc) is 2.62. The third kappa shape index (κ3) is 4.99. The van der Waals surface area contributed by atoms with Gasteiger partial charge in [-0.05, 0) is 44.9 Å². The summed E-state index contributed by atoms with van der Waals surface area (Å²) >= 11 is 5.83. The Kier molecular flexibility index (Phi) is 6.40. The van der Waals surface area contributed by atoms with Crippen LogP contribution in [-0.4, -0.2) is 50.3 Å². The van der Waals surface area contributed by atoms with E-state index in [9.17, 15) is 18.4 Å². The van der Waals surface area contributed by atoms with Gasteiger partial charge in [0.15, 0.2) is 0 Å². The molecule has 0 atom stereocenters. The number of alkyl halides is 3. The SMILES string of the molecule is CN([O-])c1cc(C(F)(F)F)c(Cl)cc1NC1CCN(C2CCOCC2)CC1. The zero-order chi connectivity index (χ0) is 19.6. The van der Waals surface area contributed by atoms with E-state index in [4.69, 9.17) is 16.3 Å². The van der Waals surface area contributed by atoms with Crippen LogP contribution in [0.4, 0.5) is 24.5 Å². The van der Waals surface area contributed by atoms with Gasteiger partial charge in [0, 0.05) is 44.1 Å². The highest BCUT2D eigenvalue weighted by Crippen LogP contribution is 2.41. The van der Waals surface area contributed by atoms with E-state index >= 15 is 0 Å². The van der Waals surface area contributed by atoms with Gasteiger partial charge in [0.2, 0.25) is 0 Å². The molecule has 0 bridgehead atoms. The fourth-order valence-corrected chi connectivity index (χ4v) is 4.11. The van der Waals surface area contributed by atoms with E-state index in [2.05, 4.69) is 10.2 Å². The molecule has 5 nitrogen and oxygen atoms in total. The number of likely N-dealkylation sites (tertiary alicyclic amines) is 1. The molecule has 0 amide bonds. The van der Waals surface area contributed by atoms with Crippen LogP contribution < -0.4 is 10.4 Å². The van der Waals surface area contributed by atoms with Crippen molar-refractivity contribution in [2.24, 2.45) is 0 Å². The number of piperidine rings is 1. The monoisotopic (exact) mass is 406 g/mol. The number of ether oxygens (including phenoxy) is 1. The standard InChI is InChI=1S/C18H24ClF3N3O2/c1-24(26)17-10-14(18(20,21)22)15(19)11-16(17)23-12-2-6-25(7-3-12)13-4-8-27-9-5-13/h10-13,23H,2-9H2,1H3/q-1. The lowest BCUT2D eigenvalue weighted by molar-refractivity contribution is -0.137. The van der Waals surface area contributed by atoms with Crippen molar-refractivity contribution in [2.75, 3.05) is 43.7 Å². The fourth-order valence-electron chi connectivity index (χ4n) is 3.83. The Bertz CT molecular complexity index is 643. The summed E-state index contributed by atoms with van der Waals surface area (Å²) in [7, 11) is 1.18. The maximum Gasteiger partial charge on any atom is 0.417 e. The first-order chi connectivity index (χ1) is 12.8. The number of anilines is 2. The van der Waals surface area contributed by atoms with Gasteiger partial charge in [0.25, 0.3) is 0 Å². The van der Waals surface area contributed by atoms with E-state index in [-0.39, 0.29) is 11.7 Å². The Hall–Kier alpha value is -1.22. The molecule has 2 saturated heterocycles. The Morgan fingerprint density at radius 3 is 2.37 bits per heavy atom. The smallest absolute Gasteiger partial charge is 0.417 e. The second kappa shape index (κ2) is 8.43. The molecule has 0 radical (unpaired) electrons. The van der Waals surface area contributed by atoms with E-state index in [0.717, 1.165) is 58.1 Å². The van der Waals surface area contributed by atoms with Gasteiger partial charge in [0.05, 0.1) is 16.3 Å². The molecular weight excluding hydrogens is 383 g/mol. The fraction of sp³-hybridized carbons (Fsp3) is 0.667. The topological polar surface area (TPSA) is 50.8 Å². The maximum absolute atomic E-state index is 13.1. The number of benzene rings is 1. The van der Waals surface area contributed by atoms with Crippen LogP contribution in [0.15, 0.2) is 12.1 Å². The van der Waals surface area contributed by atoms with E-state index in [0.29, 0.717) is 16.8 Å². The Balaban J connectivity index is 1.68. The molecule has 2 heterocycles. The molecular formula is C18H24ClF3N3O2-. The third-order valence-electron chi connectivity index (χ3n) is 5.33. The molecule has 2 fully saturated rings.